The zero-order chi connectivity index (χ0) is 17.9. The Kier molecular flexibility index (Phi) is 4.77. The van der Waals surface area contributed by atoms with Gasteiger partial charge in [0.15, 0.2) is 0 Å². The Bertz CT molecular complexity index is 933. The molecule has 5 heteroatoms. The summed E-state index contributed by atoms with van der Waals surface area (Å²) in [5.41, 5.74) is 3.26. The summed E-state index contributed by atoms with van der Waals surface area (Å²) in [4.78, 5) is 0. The minimum Gasteiger partial charge on any atom is -0.339 e. The highest BCUT2D eigenvalue weighted by molar-refractivity contribution is 9.10. The Balaban J connectivity index is 1.84. The maximum Gasteiger partial charge on any atom is 0.147 e. The van der Waals surface area contributed by atoms with Crippen LogP contribution in [-0.4, -0.2) is 9.78 Å². The minimum atomic E-state index is 0.345. The Morgan fingerprint density at radius 3 is 2.38 bits per heavy atom. The highest BCUT2D eigenvalue weighted by atomic mass is 79.9. The van der Waals surface area contributed by atoms with Gasteiger partial charge in [0, 0.05) is 15.7 Å². The maximum absolute atomic E-state index is 9.90. The van der Waals surface area contributed by atoms with E-state index in [0.29, 0.717) is 11.6 Å². The molecular weight excluding hydrogens is 388 g/mol. The number of hydrogen-bond donors (Lipinski definition) is 1. The van der Waals surface area contributed by atoms with Crippen LogP contribution in [0.2, 0.25) is 0 Å². The molecule has 0 bridgehead atoms. The summed E-state index contributed by atoms with van der Waals surface area (Å²) in [5.74, 6) is 0.795. The first-order chi connectivity index (χ1) is 12.8. The van der Waals surface area contributed by atoms with Gasteiger partial charge in [-0.05, 0) is 37.1 Å². The summed E-state index contributed by atoms with van der Waals surface area (Å²) in [6.45, 7) is 0. The van der Waals surface area contributed by atoms with Crippen molar-refractivity contribution in [2.24, 2.45) is 0 Å². The highest BCUT2D eigenvalue weighted by Crippen LogP contribution is 2.37. The monoisotopic (exact) mass is 406 g/mol. The molecule has 0 radical (unpaired) electrons. The van der Waals surface area contributed by atoms with Crippen molar-refractivity contribution < 1.29 is 0 Å². The Labute approximate surface area is 161 Å². The van der Waals surface area contributed by atoms with E-state index in [1.54, 1.807) is 0 Å². The number of halogens is 1. The SMILES string of the molecule is N#Cc1c(-c2ccc(Br)cc2)nn(C2CCCC2)c1Nc1ccccc1. The van der Waals surface area contributed by atoms with Crippen LogP contribution in [0.25, 0.3) is 11.3 Å². The molecule has 26 heavy (non-hydrogen) atoms. The topological polar surface area (TPSA) is 53.6 Å². The third-order valence-electron chi connectivity index (χ3n) is 4.85. The summed E-state index contributed by atoms with van der Waals surface area (Å²) in [6, 6.07) is 20.7. The van der Waals surface area contributed by atoms with E-state index in [0.717, 1.165) is 40.1 Å². The van der Waals surface area contributed by atoms with E-state index in [1.165, 1.54) is 12.8 Å². The molecule has 4 rings (SSSR count). The molecule has 1 aliphatic rings. The van der Waals surface area contributed by atoms with Crippen LogP contribution in [-0.2, 0) is 0 Å². The minimum absolute atomic E-state index is 0.345. The van der Waals surface area contributed by atoms with Crippen LogP contribution in [0.3, 0.4) is 0 Å². The van der Waals surface area contributed by atoms with E-state index >= 15 is 0 Å². The summed E-state index contributed by atoms with van der Waals surface area (Å²) >= 11 is 3.47. The lowest BCUT2D eigenvalue weighted by Gasteiger charge is -2.15. The van der Waals surface area contributed by atoms with Crippen molar-refractivity contribution in [3.8, 4) is 17.3 Å². The lowest BCUT2D eigenvalue weighted by molar-refractivity contribution is 0.474. The van der Waals surface area contributed by atoms with Gasteiger partial charge in [0.25, 0.3) is 0 Å². The fourth-order valence-electron chi connectivity index (χ4n) is 3.54. The molecule has 0 saturated heterocycles. The third-order valence-corrected chi connectivity index (χ3v) is 5.38. The van der Waals surface area contributed by atoms with Gasteiger partial charge in [-0.1, -0.05) is 59.1 Å². The van der Waals surface area contributed by atoms with Crippen molar-refractivity contribution in [2.75, 3.05) is 5.32 Å². The molecule has 0 unspecified atom stereocenters. The summed E-state index contributed by atoms with van der Waals surface area (Å²) in [5, 5.41) is 18.2. The van der Waals surface area contributed by atoms with Crippen molar-refractivity contribution in [3.05, 3.63) is 64.6 Å². The molecule has 130 valence electrons. The fraction of sp³-hybridized carbons (Fsp3) is 0.238. The summed E-state index contributed by atoms with van der Waals surface area (Å²) in [6.07, 6.45) is 4.64. The van der Waals surface area contributed by atoms with E-state index in [4.69, 9.17) is 5.10 Å². The summed E-state index contributed by atoms with van der Waals surface area (Å²) in [7, 11) is 0. The van der Waals surface area contributed by atoms with Crippen LogP contribution < -0.4 is 5.32 Å². The number of anilines is 2. The quantitative estimate of drug-likeness (QED) is 0.574. The second-order valence-electron chi connectivity index (χ2n) is 6.56. The standard InChI is InChI=1S/C21H19BrN4/c22-16-12-10-15(11-13-16)20-19(14-23)21(24-17-6-2-1-3-7-17)26(25-20)18-8-4-5-9-18/h1-3,6-7,10-13,18,24H,4-5,8-9H2. The molecule has 0 aliphatic heterocycles. The van der Waals surface area contributed by atoms with Crippen LogP contribution in [0.4, 0.5) is 11.5 Å². The Hall–Kier alpha value is -2.58. The molecule has 1 aromatic heterocycles. The first-order valence-electron chi connectivity index (χ1n) is 8.87. The van der Waals surface area contributed by atoms with Gasteiger partial charge in [0.05, 0.1) is 6.04 Å². The predicted molar refractivity (Wildman–Crippen MR) is 107 cm³/mol. The number of benzene rings is 2. The van der Waals surface area contributed by atoms with Crippen molar-refractivity contribution in [1.29, 1.82) is 5.26 Å². The van der Waals surface area contributed by atoms with Gasteiger partial charge in [-0.25, -0.2) is 4.68 Å². The normalized spacial score (nSPS) is 14.3. The van der Waals surface area contributed by atoms with Gasteiger partial charge in [0.1, 0.15) is 23.1 Å². The number of hydrogen-bond acceptors (Lipinski definition) is 3. The zero-order valence-electron chi connectivity index (χ0n) is 14.3. The van der Waals surface area contributed by atoms with Crippen molar-refractivity contribution >= 4 is 27.4 Å². The highest BCUT2D eigenvalue weighted by Gasteiger charge is 2.26. The van der Waals surface area contributed by atoms with Crippen molar-refractivity contribution in [3.63, 3.8) is 0 Å². The lowest BCUT2D eigenvalue weighted by Crippen LogP contribution is -2.10. The molecule has 1 aliphatic carbocycles. The molecule has 1 N–H and O–H groups in total. The first-order valence-corrected chi connectivity index (χ1v) is 9.66. The Morgan fingerprint density at radius 2 is 1.73 bits per heavy atom. The number of nitriles is 1. The van der Waals surface area contributed by atoms with Gasteiger partial charge in [-0.2, -0.15) is 10.4 Å². The van der Waals surface area contributed by atoms with E-state index < -0.39 is 0 Å². The number of nitrogens with one attached hydrogen (secondary N) is 1. The molecule has 1 fully saturated rings. The molecule has 0 atom stereocenters. The van der Waals surface area contributed by atoms with Crippen LogP contribution in [0.5, 0.6) is 0 Å². The lowest BCUT2D eigenvalue weighted by atomic mass is 10.1. The predicted octanol–water partition coefficient (Wildman–Crippen LogP) is 6.04. The van der Waals surface area contributed by atoms with Gasteiger partial charge >= 0.3 is 0 Å². The van der Waals surface area contributed by atoms with Gasteiger partial charge in [0.2, 0.25) is 0 Å². The van der Waals surface area contributed by atoms with E-state index in [2.05, 4.69) is 27.3 Å². The summed E-state index contributed by atoms with van der Waals surface area (Å²) < 4.78 is 3.05. The molecule has 1 saturated carbocycles. The smallest absolute Gasteiger partial charge is 0.147 e. The molecule has 4 nitrogen and oxygen atoms in total. The molecule has 0 spiro atoms. The zero-order valence-corrected chi connectivity index (χ0v) is 15.9. The second kappa shape index (κ2) is 7.35. The van der Waals surface area contributed by atoms with Crippen LogP contribution in [0.15, 0.2) is 59.1 Å². The van der Waals surface area contributed by atoms with E-state index in [-0.39, 0.29) is 0 Å². The van der Waals surface area contributed by atoms with Gasteiger partial charge in [-0.3, -0.25) is 0 Å². The Morgan fingerprint density at radius 1 is 1.04 bits per heavy atom. The van der Waals surface area contributed by atoms with Crippen molar-refractivity contribution in [2.45, 2.75) is 31.7 Å². The average Bonchev–Trinajstić information content (AvgIpc) is 3.31. The first kappa shape index (κ1) is 16.9. The maximum atomic E-state index is 9.90. The number of para-hydroxylation sites is 1. The number of aromatic nitrogens is 2. The molecule has 0 amide bonds. The molecular formula is C21H19BrN4. The van der Waals surface area contributed by atoms with Crippen molar-refractivity contribution in [1.82, 2.24) is 9.78 Å². The average molecular weight is 407 g/mol. The second-order valence-corrected chi connectivity index (χ2v) is 7.48. The third kappa shape index (κ3) is 3.25. The van der Waals surface area contributed by atoms with Crippen LogP contribution in [0.1, 0.15) is 37.3 Å². The number of rotatable bonds is 4. The molecule has 1 heterocycles. The van der Waals surface area contributed by atoms with Crippen LogP contribution in [0, 0.1) is 11.3 Å². The van der Waals surface area contributed by atoms with E-state index in [9.17, 15) is 5.26 Å². The molecule has 3 aromatic rings. The fourth-order valence-corrected chi connectivity index (χ4v) is 3.81. The van der Waals surface area contributed by atoms with Crippen LogP contribution >= 0.6 is 15.9 Å². The number of nitrogens with zero attached hydrogens (tertiary/aromatic N) is 3. The molecule has 2 aromatic carbocycles. The van der Waals surface area contributed by atoms with E-state index in [1.807, 2.05) is 59.3 Å². The van der Waals surface area contributed by atoms with Gasteiger partial charge < -0.3 is 5.32 Å². The largest absolute Gasteiger partial charge is 0.339 e. The van der Waals surface area contributed by atoms with Gasteiger partial charge in [-0.15, -0.1) is 0 Å².